The van der Waals surface area contributed by atoms with E-state index in [9.17, 15) is 28.0 Å². The Balaban J connectivity index is 0.00000248. The quantitative estimate of drug-likeness (QED) is 0.109. The lowest BCUT2D eigenvalue weighted by atomic mass is 9.76. The van der Waals surface area contributed by atoms with E-state index in [1.807, 2.05) is 53.7 Å². The number of rotatable bonds is 9. The topological polar surface area (TPSA) is 140 Å². The molecule has 53 heavy (non-hydrogen) atoms. The van der Waals surface area contributed by atoms with Crippen LogP contribution in [0.5, 0.6) is 5.75 Å². The van der Waals surface area contributed by atoms with Gasteiger partial charge in [0.05, 0.1) is 18.2 Å². The van der Waals surface area contributed by atoms with E-state index in [0.29, 0.717) is 24.6 Å². The minimum Gasteiger partial charge on any atom is -0.420 e. The van der Waals surface area contributed by atoms with Crippen molar-refractivity contribution in [3.8, 4) is 5.75 Å². The van der Waals surface area contributed by atoms with Crippen molar-refractivity contribution in [1.29, 1.82) is 0 Å². The Kier molecular flexibility index (Phi) is 14.5. The Morgan fingerprint density at radius 3 is 2.28 bits per heavy atom. The number of esters is 1. The molecular weight excluding hydrogens is 801 g/mol. The molecule has 0 saturated carbocycles. The summed E-state index contributed by atoms with van der Waals surface area (Å²) < 4.78 is 35.2. The summed E-state index contributed by atoms with van der Waals surface area (Å²) in [6.07, 6.45) is 1.68. The fourth-order valence-electron chi connectivity index (χ4n) is 7.35. The first-order valence-electron chi connectivity index (χ1n) is 17.2. The molecule has 3 aromatic rings. The highest BCUT2D eigenvalue weighted by Crippen LogP contribution is 2.38. The molecular formula is C39H49F2IN4O7. The van der Waals surface area contributed by atoms with Crippen LogP contribution >= 0.6 is 24.0 Å². The number of aromatic nitrogens is 1. The van der Waals surface area contributed by atoms with Gasteiger partial charge in [-0.15, -0.1) is 24.0 Å². The highest BCUT2D eigenvalue weighted by molar-refractivity contribution is 14.0. The largest absolute Gasteiger partial charge is 0.420 e. The zero-order chi connectivity index (χ0) is 38.7. The van der Waals surface area contributed by atoms with Crippen molar-refractivity contribution >= 4 is 47.5 Å². The molecule has 0 unspecified atom stereocenters. The molecule has 0 aliphatic carbocycles. The number of nitrogens with one attached hydrogen (secondary N) is 1. The molecule has 5 rings (SSSR count). The lowest BCUT2D eigenvalue weighted by Crippen LogP contribution is -2.49. The SMILES string of the molecule is CC(C)=NO[C@@H]1CC[C@H](C)N2C[C@H]1n1cc(C(=O)NCc3ccc(F)cc3F)c(=O)c(OC(=O)CC(C)(C)c3c(C)cc(C)cc3C)c1C2=O.CO.I. The van der Waals surface area contributed by atoms with Crippen molar-refractivity contribution in [2.45, 2.75) is 105 Å². The van der Waals surface area contributed by atoms with E-state index in [1.54, 1.807) is 18.7 Å². The number of aryl methyl sites for hydroxylation is 3. The number of amides is 2. The minimum absolute atomic E-state index is 0. The summed E-state index contributed by atoms with van der Waals surface area (Å²) >= 11 is 0. The summed E-state index contributed by atoms with van der Waals surface area (Å²) in [5.74, 6) is -4.38. The van der Waals surface area contributed by atoms with E-state index in [2.05, 4.69) is 10.5 Å². The summed E-state index contributed by atoms with van der Waals surface area (Å²) in [6, 6.07) is 6.20. The Labute approximate surface area is 325 Å². The number of carbonyl (C=O) groups excluding carboxylic acids is 3. The van der Waals surface area contributed by atoms with Gasteiger partial charge in [-0.2, -0.15) is 0 Å². The van der Waals surface area contributed by atoms with Crippen molar-refractivity contribution < 1.29 is 37.8 Å². The molecule has 2 N–H and O–H groups in total. The van der Waals surface area contributed by atoms with Crippen LogP contribution < -0.4 is 15.5 Å². The van der Waals surface area contributed by atoms with Crippen molar-refractivity contribution in [3.05, 3.63) is 97.5 Å². The third-order valence-electron chi connectivity index (χ3n) is 9.45. The molecule has 3 atom stereocenters. The molecule has 288 valence electrons. The third kappa shape index (κ3) is 9.50. The van der Waals surface area contributed by atoms with Gasteiger partial charge in [0.1, 0.15) is 23.3 Å². The lowest BCUT2D eigenvalue weighted by molar-refractivity contribution is -0.135. The first kappa shape index (κ1) is 43.2. The number of benzene rings is 2. The number of fused-ring (bicyclic) bond motifs is 4. The number of hydrogen-bond acceptors (Lipinski definition) is 8. The highest BCUT2D eigenvalue weighted by atomic mass is 127. The molecule has 0 spiro atoms. The molecule has 1 saturated heterocycles. The number of pyridine rings is 1. The fourth-order valence-corrected chi connectivity index (χ4v) is 7.35. The molecule has 1 fully saturated rings. The van der Waals surface area contributed by atoms with E-state index in [-0.39, 0.29) is 60.8 Å². The summed E-state index contributed by atoms with van der Waals surface area (Å²) in [6.45, 7) is 15.1. The number of carbonyl (C=O) groups is 3. The minimum atomic E-state index is -0.970. The molecule has 2 amide bonds. The summed E-state index contributed by atoms with van der Waals surface area (Å²) in [7, 11) is 1.00. The van der Waals surface area contributed by atoms with Gasteiger partial charge in [0.25, 0.3) is 11.8 Å². The second kappa shape index (κ2) is 17.8. The second-order valence-electron chi connectivity index (χ2n) is 14.3. The Morgan fingerprint density at radius 2 is 1.68 bits per heavy atom. The molecule has 1 aromatic heterocycles. The molecule has 14 heteroatoms. The molecule has 2 bridgehead atoms. The maximum atomic E-state index is 14.4. The fraction of sp³-hybridized carbons (Fsp3) is 0.462. The van der Waals surface area contributed by atoms with Crippen LogP contribution in [-0.2, 0) is 21.6 Å². The maximum Gasteiger partial charge on any atom is 0.312 e. The van der Waals surface area contributed by atoms with Crippen LogP contribution in [0.1, 0.15) is 109 Å². The molecule has 3 heterocycles. The Bertz CT molecular complexity index is 1940. The van der Waals surface area contributed by atoms with Crippen LogP contribution in [0.4, 0.5) is 8.78 Å². The predicted octanol–water partition coefficient (Wildman–Crippen LogP) is 6.44. The van der Waals surface area contributed by atoms with Gasteiger partial charge in [0, 0.05) is 49.5 Å². The lowest BCUT2D eigenvalue weighted by Gasteiger charge is -2.38. The number of aliphatic hydroxyl groups excluding tert-OH is 1. The van der Waals surface area contributed by atoms with Crippen LogP contribution in [0.3, 0.4) is 0 Å². The summed E-state index contributed by atoms with van der Waals surface area (Å²) in [4.78, 5) is 63.3. The summed E-state index contributed by atoms with van der Waals surface area (Å²) in [5.41, 5.74) is 2.47. The first-order chi connectivity index (χ1) is 24.5. The van der Waals surface area contributed by atoms with Crippen molar-refractivity contribution in [2.24, 2.45) is 5.16 Å². The number of halogens is 3. The van der Waals surface area contributed by atoms with Crippen LogP contribution in [0.15, 0.2) is 46.5 Å². The van der Waals surface area contributed by atoms with Gasteiger partial charge in [-0.1, -0.05) is 42.8 Å². The number of oxime groups is 1. The molecule has 2 aliphatic heterocycles. The van der Waals surface area contributed by atoms with E-state index >= 15 is 0 Å². The number of hydrogen-bond donors (Lipinski definition) is 2. The standard InChI is InChI=1S/C38H44F2N4O6.CH4O.HI/c1-20(2)42-50-30-12-9-24(6)43-19-29(30)44-18-27(36(47)41-17-25-10-11-26(39)15-28(25)40)34(46)35(33(44)37(43)48)49-31(45)16-38(7,8)32-22(4)13-21(3)14-23(32)5;1-2;/h10-11,13-15,18,24,29-30H,9,12,16-17,19H2,1-8H3,(H,41,47);2H,1H3;1H/t24-,29+,30+;;/m0../s1. The molecule has 11 nitrogen and oxygen atoms in total. The van der Waals surface area contributed by atoms with E-state index in [1.165, 1.54) is 16.8 Å². The zero-order valence-corrected chi connectivity index (χ0v) is 34.0. The van der Waals surface area contributed by atoms with E-state index < -0.39 is 63.7 Å². The summed E-state index contributed by atoms with van der Waals surface area (Å²) in [5, 5.41) is 13.7. The molecule has 0 radical (unpaired) electrons. The zero-order valence-electron chi connectivity index (χ0n) is 31.6. The van der Waals surface area contributed by atoms with Gasteiger partial charge in [-0.25, -0.2) is 8.78 Å². The van der Waals surface area contributed by atoms with Crippen LogP contribution in [-0.4, -0.2) is 63.9 Å². The van der Waals surface area contributed by atoms with E-state index in [0.717, 1.165) is 35.4 Å². The van der Waals surface area contributed by atoms with E-state index in [4.69, 9.17) is 14.7 Å². The van der Waals surface area contributed by atoms with Gasteiger partial charge in [-0.3, -0.25) is 19.2 Å². The second-order valence-corrected chi connectivity index (χ2v) is 14.3. The van der Waals surface area contributed by atoms with Gasteiger partial charge < -0.3 is 29.5 Å². The smallest absolute Gasteiger partial charge is 0.312 e. The number of aliphatic hydroxyl groups is 1. The highest BCUT2D eigenvalue weighted by Gasteiger charge is 2.44. The van der Waals surface area contributed by atoms with Crippen molar-refractivity contribution in [3.63, 3.8) is 0 Å². The monoisotopic (exact) mass is 850 g/mol. The average molecular weight is 851 g/mol. The van der Waals surface area contributed by atoms with Gasteiger partial charge in [0.15, 0.2) is 5.69 Å². The third-order valence-corrected chi connectivity index (χ3v) is 9.45. The van der Waals surface area contributed by atoms with Crippen LogP contribution in [0, 0.1) is 32.4 Å². The van der Waals surface area contributed by atoms with Crippen molar-refractivity contribution in [2.75, 3.05) is 13.7 Å². The first-order valence-corrected chi connectivity index (χ1v) is 17.2. The van der Waals surface area contributed by atoms with Crippen molar-refractivity contribution in [1.82, 2.24) is 14.8 Å². The van der Waals surface area contributed by atoms with Gasteiger partial charge >= 0.3 is 5.97 Å². The normalized spacial score (nSPS) is 17.6. The Hall–Kier alpha value is -4.18. The van der Waals surface area contributed by atoms with Crippen LogP contribution in [0.2, 0.25) is 0 Å². The Morgan fingerprint density at radius 1 is 1.04 bits per heavy atom. The average Bonchev–Trinajstić information content (AvgIpc) is 3.19. The molecule has 2 aliphatic rings. The van der Waals surface area contributed by atoms with Gasteiger partial charge in [0.2, 0.25) is 11.2 Å². The number of ether oxygens (including phenoxy) is 1. The van der Waals surface area contributed by atoms with Gasteiger partial charge in [-0.05, 0) is 77.1 Å². The van der Waals surface area contributed by atoms with Crippen LogP contribution in [0.25, 0.3) is 0 Å². The molecule has 2 aromatic carbocycles. The maximum absolute atomic E-state index is 14.4. The number of nitrogens with zero attached hydrogens (tertiary/aromatic N) is 3. The predicted molar refractivity (Wildman–Crippen MR) is 208 cm³/mol.